The molecule has 1 saturated heterocycles. The van der Waals surface area contributed by atoms with Crippen molar-refractivity contribution in [3.05, 3.63) is 34.7 Å². The van der Waals surface area contributed by atoms with Gasteiger partial charge < -0.3 is 5.32 Å². The van der Waals surface area contributed by atoms with Crippen molar-refractivity contribution in [2.45, 2.75) is 24.9 Å². The van der Waals surface area contributed by atoms with E-state index >= 15 is 0 Å². The molecule has 1 N–H and O–H groups in total. The Kier molecular flexibility index (Phi) is 3.27. The molecule has 0 spiro atoms. The summed E-state index contributed by atoms with van der Waals surface area (Å²) in [7, 11) is 0. The molecular weight excluding hydrogens is 271 g/mol. The molecule has 2 aromatic rings. The second-order valence-electron chi connectivity index (χ2n) is 4.95. The van der Waals surface area contributed by atoms with Gasteiger partial charge in [0.1, 0.15) is 4.88 Å². The number of thiophene rings is 1. The number of rotatable bonds is 1. The van der Waals surface area contributed by atoms with Gasteiger partial charge in [-0.25, -0.2) is 0 Å². The fourth-order valence-electron chi connectivity index (χ4n) is 2.59. The van der Waals surface area contributed by atoms with E-state index in [2.05, 4.69) is 5.32 Å². The van der Waals surface area contributed by atoms with Gasteiger partial charge in [0.25, 0.3) is 0 Å². The molecule has 1 fully saturated rings. The molecule has 102 valence electrons. The van der Waals surface area contributed by atoms with Crippen molar-refractivity contribution in [3.63, 3.8) is 0 Å². The highest BCUT2D eigenvalue weighted by Crippen LogP contribution is 2.39. The smallest absolute Gasteiger partial charge is 0.316 e. The molecule has 2 heterocycles. The fourth-order valence-corrected chi connectivity index (χ4v) is 3.50. The summed E-state index contributed by atoms with van der Waals surface area (Å²) >= 11 is 0.819. The minimum atomic E-state index is -4.24. The number of halogens is 3. The van der Waals surface area contributed by atoms with Crippen molar-refractivity contribution >= 4 is 21.4 Å². The summed E-state index contributed by atoms with van der Waals surface area (Å²) in [5.41, 5.74) is 1.14. The van der Waals surface area contributed by atoms with Crippen LogP contribution in [0, 0.1) is 0 Å². The number of alkyl halides is 3. The van der Waals surface area contributed by atoms with E-state index in [0.29, 0.717) is 16.0 Å². The molecule has 3 rings (SSSR count). The average molecular weight is 285 g/mol. The molecule has 1 unspecified atom stereocenters. The van der Waals surface area contributed by atoms with Gasteiger partial charge in [0, 0.05) is 11.2 Å². The molecule has 19 heavy (non-hydrogen) atoms. The second kappa shape index (κ2) is 4.80. The van der Waals surface area contributed by atoms with Crippen molar-refractivity contribution in [1.29, 1.82) is 0 Å². The fraction of sp³-hybridized carbons (Fsp3) is 0.429. The maximum Gasteiger partial charge on any atom is 0.425 e. The third kappa shape index (κ3) is 2.62. The zero-order valence-corrected chi connectivity index (χ0v) is 11.1. The van der Waals surface area contributed by atoms with E-state index in [9.17, 15) is 13.2 Å². The average Bonchev–Trinajstić information content (AvgIpc) is 2.82. The summed E-state index contributed by atoms with van der Waals surface area (Å²) in [4.78, 5) is -0.513. The number of hydrogen-bond donors (Lipinski definition) is 1. The van der Waals surface area contributed by atoms with E-state index in [1.165, 1.54) is 6.07 Å². The highest BCUT2D eigenvalue weighted by molar-refractivity contribution is 7.19. The highest BCUT2D eigenvalue weighted by atomic mass is 32.1. The van der Waals surface area contributed by atoms with E-state index in [1.807, 2.05) is 18.2 Å². The van der Waals surface area contributed by atoms with Crippen molar-refractivity contribution < 1.29 is 13.2 Å². The number of fused-ring (bicyclic) bond motifs is 1. The Balaban J connectivity index is 1.96. The predicted octanol–water partition coefficient (Wildman–Crippen LogP) is 4.39. The minimum absolute atomic E-state index is 0.424. The van der Waals surface area contributed by atoms with Crippen molar-refractivity contribution in [2.75, 3.05) is 13.1 Å². The molecule has 1 aromatic carbocycles. The zero-order valence-electron chi connectivity index (χ0n) is 10.3. The lowest BCUT2D eigenvalue weighted by Gasteiger charge is -2.23. The number of nitrogens with one attached hydrogen (secondary N) is 1. The van der Waals surface area contributed by atoms with Crippen LogP contribution < -0.4 is 5.32 Å². The first-order valence-electron chi connectivity index (χ1n) is 6.35. The third-order valence-electron chi connectivity index (χ3n) is 3.59. The molecule has 0 amide bonds. The Bertz CT molecular complexity index is 582. The lowest BCUT2D eigenvalue weighted by atomic mass is 9.91. The normalized spacial score (nSPS) is 20.9. The van der Waals surface area contributed by atoms with Crippen molar-refractivity contribution in [3.8, 4) is 0 Å². The number of piperidine rings is 1. The van der Waals surface area contributed by atoms with Crippen LogP contribution in [0.4, 0.5) is 13.2 Å². The van der Waals surface area contributed by atoms with Gasteiger partial charge in [-0.2, -0.15) is 13.2 Å². The quantitative estimate of drug-likeness (QED) is 0.819. The molecule has 0 saturated carbocycles. The first-order chi connectivity index (χ1) is 9.04. The molecule has 1 atom stereocenters. The van der Waals surface area contributed by atoms with Crippen LogP contribution in [0.3, 0.4) is 0 Å². The molecule has 5 heteroatoms. The van der Waals surface area contributed by atoms with Crippen molar-refractivity contribution in [2.24, 2.45) is 0 Å². The summed E-state index contributed by atoms with van der Waals surface area (Å²) < 4.78 is 38.8. The van der Waals surface area contributed by atoms with Crippen LogP contribution in [-0.4, -0.2) is 13.1 Å². The van der Waals surface area contributed by atoms with Gasteiger partial charge in [0.15, 0.2) is 0 Å². The Morgan fingerprint density at radius 1 is 1.21 bits per heavy atom. The van der Waals surface area contributed by atoms with Gasteiger partial charge in [-0.1, -0.05) is 6.07 Å². The first-order valence-corrected chi connectivity index (χ1v) is 7.17. The Morgan fingerprint density at radius 3 is 2.74 bits per heavy atom. The van der Waals surface area contributed by atoms with Crippen LogP contribution in [0.15, 0.2) is 24.3 Å². The second-order valence-corrected chi connectivity index (χ2v) is 6.03. The maximum absolute atomic E-state index is 12.7. The lowest BCUT2D eigenvalue weighted by molar-refractivity contribution is -0.134. The molecule has 0 bridgehead atoms. The minimum Gasteiger partial charge on any atom is -0.316 e. The summed E-state index contributed by atoms with van der Waals surface area (Å²) in [6.07, 6.45) is -2.01. The van der Waals surface area contributed by atoms with Crippen LogP contribution >= 0.6 is 11.3 Å². The lowest BCUT2D eigenvalue weighted by Crippen LogP contribution is -2.28. The van der Waals surface area contributed by atoms with Gasteiger partial charge >= 0.3 is 6.18 Å². The molecule has 0 aliphatic carbocycles. The molecule has 1 aliphatic rings. The van der Waals surface area contributed by atoms with E-state index in [0.717, 1.165) is 42.8 Å². The van der Waals surface area contributed by atoms with E-state index in [4.69, 9.17) is 0 Å². The maximum atomic E-state index is 12.7. The van der Waals surface area contributed by atoms with Crippen LogP contribution in [0.25, 0.3) is 10.1 Å². The topological polar surface area (TPSA) is 12.0 Å². The van der Waals surface area contributed by atoms with Gasteiger partial charge in [-0.15, -0.1) is 11.3 Å². The molecule has 1 aromatic heterocycles. The SMILES string of the molecule is FC(F)(F)c1cc2cc(C3CCCNC3)ccc2s1. The number of hydrogen-bond acceptors (Lipinski definition) is 2. The summed E-state index contributed by atoms with van der Waals surface area (Å²) in [6, 6.07) is 6.97. The number of benzene rings is 1. The molecule has 0 radical (unpaired) electrons. The van der Waals surface area contributed by atoms with Crippen LogP contribution in [0.5, 0.6) is 0 Å². The van der Waals surface area contributed by atoms with E-state index < -0.39 is 11.1 Å². The zero-order chi connectivity index (χ0) is 13.5. The predicted molar refractivity (Wildman–Crippen MR) is 71.7 cm³/mol. The first kappa shape index (κ1) is 12.9. The molecule has 1 nitrogen and oxygen atoms in total. The van der Waals surface area contributed by atoms with Crippen molar-refractivity contribution in [1.82, 2.24) is 5.32 Å². The summed E-state index contributed by atoms with van der Waals surface area (Å²) in [5.74, 6) is 0.424. The molecule has 1 aliphatic heterocycles. The summed E-state index contributed by atoms with van der Waals surface area (Å²) in [6.45, 7) is 1.96. The Morgan fingerprint density at radius 2 is 2.05 bits per heavy atom. The van der Waals surface area contributed by atoms with Gasteiger partial charge in [0.2, 0.25) is 0 Å². The monoisotopic (exact) mass is 285 g/mol. The van der Waals surface area contributed by atoms with Gasteiger partial charge in [0.05, 0.1) is 0 Å². The van der Waals surface area contributed by atoms with Crippen LogP contribution in [-0.2, 0) is 6.18 Å². The Labute approximate surface area is 113 Å². The van der Waals surface area contributed by atoms with E-state index in [-0.39, 0.29) is 0 Å². The molecular formula is C14H14F3NS. The van der Waals surface area contributed by atoms with Gasteiger partial charge in [-0.05, 0) is 54.5 Å². The Hall–Kier alpha value is -1.07. The largest absolute Gasteiger partial charge is 0.425 e. The van der Waals surface area contributed by atoms with Crippen LogP contribution in [0.2, 0.25) is 0 Å². The van der Waals surface area contributed by atoms with E-state index in [1.54, 1.807) is 0 Å². The third-order valence-corrected chi connectivity index (χ3v) is 4.75. The van der Waals surface area contributed by atoms with Gasteiger partial charge in [-0.3, -0.25) is 0 Å². The highest BCUT2D eigenvalue weighted by Gasteiger charge is 2.32. The van der Waals surface area contributed by atoms with Crippen LogP contribution in [0.1, 0.15) is 29.2 Å². The summed E-state index contributed by atoms with van der Waals surface area (Å²) in [5, 5.41) is 4.04. The standard InChI is InChI=1S/C14H14F3NS/c15-14(16,17)13-7-11-6-9(3-4-12(11)19-13)10-2-1-5-18-8-10/h3-4,6-7,10,18H,1-2,5,8H2.